The summed E-state index contributed by atoms with van der Waals surface area (Å²) in [6.45, 7) is 9.11. The Hall–Kier alpha value is -3.02. The lowest BCUT2D eigenvalue weighted by molar-refractivity contribution is -0.384. The van der Waals surface area contributed by atoms with Crippen molar-refractivity contribution >= 4 is 29.9 Å². The van der Waals surface area contributed by atoms with Gasteiger partial charge in [-0.15, -0.1) is 0 Å². The van der Waals surface area contributed by atoms with Crippen LogP contribution in [0.2, 0.25) is 0 Å². The minimum atomic E-state index is -0.0962. The second kappa shape index (κ2) is 7.78. The average molecular weight is 391 g/mol. The van der Waals surface area contributed by atoms with Crippen LogP contribution >= 0.6 is 0 Å². The van der Waals surface area contributed by atoms with Crippen molar-refractivity contribution in [1.82, 2.24) is 4.90 Å². The van der Waals surface area contributed by atoms with Gasteiger partial charge in [0.1, 0.15) is 19.6 Å². The van der Waals surface area contributed by atoms with Crippen molar-refractivity contribution in [2.24, 2.45) is 10.9 Å². The SMILES string of the molecule is C=[N+](C)C(=O)c1ccc(N2CCN(C3=NC4=C(C(=O)C3)[C@H](C)CC=C4)CC2)cc1. The lowest BCUT2D eigenvalue weighted by atomic mass is 9.86. The Labute approximate surface area is 171 Å². The van der Waals surface area contributed by atoms with Crippen LogP contribution in [0.3, 0.4) is 0 Å². The monoisotopic (exact) mass is 391 g/mol. The number of aliphatic imine (C=N–C) groups is 1. The molecule has 0 radical (unpaired) electrons. The summed E-state index contributed by atoms with van der Waals surface area (Å²) in [4.78, 5) is 34.0. The van der Waals surface area contributed by atoms with Crippen LogP contribution in [-0.4, -0.2) is 66.9 Å². The lowest BCUT2D eigenvalue weighted by Gasteiger charge is -2.38. The number of anilines is 1. The van der Waals surface area contributed by atoms with Gasteiger partial charge >= 0.3 is 5.91 Å². The molecule has 2 aliphatic heterocycles. The van der Waals surface area contributed by atoms with Gasteiger partial charge in [0.15, 0.2) is 5.78 Å². The summed E-state index contributed by atoms with van der Waals surface area (Å²) >= 11 is 0. The van der Waals surface area contributed by atoms with Crippen LogP contribution in [-0.2, 0) is 4.79 Å². The zero-order valence-electron chi connectivity index (χ0n) is 17.1. The largest absolute Gasteiger partial charge is 0.418 e. The fraction of sp³-hybridized carbons (Fsp3) is 0.391. The fourth-order valence-electron chi connectivity index (χ4n) is 4.22. The highest BCUT2D eigenvalue weighted by Gasteiger charge is 2.30. The van der Waals surface area contributed by atoms with Crippen LogP contribution < -0.4 is 4.90 Å². The Bertz CT molecular complexity index is 948. The number of hydrogen-bond donors (Lipinski definition) is 0. The molecule has 150 valence electrons. The van der Waals surface area contributed by atoms with Crippen molar-refractivity contribution in [3.8, 4) is 0 Å². The van der Waals surface area contributed by atoms with Crippen LogP contribution in [0.5, 0.6) is 0 Å². The molecule has 6 heteroatoms. The summed E-state index contributed by atoms with van der Waals surface area (Å²) in [5, 5.41) is 0. The van der Waals surface area contributed by atoms with Crippen molar-refractivity contribution < 1.29 is 14.2 Å². The third-order valence-electron chi connectivity index (χ3n) is 5.87. The van der Waals surface area contributed by atoms with Crippen molar-refractivity contribution in [3.63, 3.8) is 0 Å². The van der Waals surface area contributed by atoms with Gasteiger partial charge in [-0.25, -0.2) is 9.79 Å². The zero-order valence-corrected chi connectivity index (χ0v) is 17.1. The Morgan fingerprint density at radius 3 is 2.45 bits per heavy atom. The van der Waals surface area contributed by atoms with E-state index < -0.39 is 0 Å². The number of benzene rings is 1. The summed E-state index contributed by atoms with van der Waals surface area (Å²) in [5.41, 5.74) is 3.49. The predicted molar refractivity (Wildman–Crippen MR) is 115 cm³/mol. The quantitative estimate of drug-likeness (QED) is 0.574. The first kappa shape index (κ1) is 19.3. The van der Waals surface area contributed by atoms with E-state index in [-0.39, 0.29) is 17.6 Å². The van der Waals surface area contributed by atoms with Gasteiger partial charge in [-0.1, -0.05) is 13.0 Å². The van der Waals surface area contributed by atoms with E-state index in [1.165, 1.54) is 4.58 Å². The second-order valence-corrected chi connectivity index (χ2v) is 7.99. The van der Waals surface area contributed by atoms with Gasteiger partial charge in [-0.3, -0.25) is 4.79 Å². The van der Waals surface area contributed by atoms with E-state index in [2.05, 4.69) is 29.5 Å². The Morgan fingerprint density at radius 1 is 1.14 bits per heavy atom. The molecule has 1 fully saturated rings. The highest BCUT2D eigenvalue weighted by atomic mass is 16.2. The Kier molecular flexibility index (Phi) is 5.18. The standard InChI is InChI=1S/C23H27N4O2/c1-16-5-4-6-19-22(16)20(28)15-21(24-19)27-13-11-26(12-14-27)18-9-7-17(8-10-18)23(29)25(2)3/h4,6-10,16H,2,5,11-15H2,1,3H3/q+1/t16-/m1/s1. The number of amides is 1. The minimum Gasteiger partial charge on any atom is -0.368 e. The van der Waals surface area contributed by atoms with Crippen molar-refractivity contribution in [1.29, 1.82) is 0 Å². The summed E-state index contributed by atoms with van der Waals surface area (Å²) < 4.78 is 1.34. The molecule has 0 unspecified atom stereocenters. The number of carbonyl (C=O) groups excluding carboxylic acids is 2. The van der Waals surface area contributed by atoms with Crippen LogP contribution in [0.15, 0.2) is 52.7 Å². The molecular weight excluding hydrogens is 364 g/mol. The van der Waals surface area contributed by atoms with Crippen LogP contribution in [0, 0.1) is 5.92 Å². The summed E-state index contributed by atoms with van der Waals surface area (Å²) in [5.74, 6) is 1.29. The van der Waals surface area contributed by atoms with E-state index >= 15 is 0 Å². The Balaban J connectivity index is 1.42. The number of nitrogens with zero attached hydrogens (tertiary/aromatic N) is 4. The first-order valence-electron chi connectivity index (χ1n) is 10.1. The van der Waals surface area contributed by atoms with Gasteiger partial charge in [0, 0.05) is 37.4 Å². The molecule has 1 saturated heterocycles. The highest BCUT2D eigenvalue weighted by Crippen LogP contribution is 2.31. The number of amidine groups is 1. The number of ketones is 1. The van der Waals surface area contributed by atoms with E-state index in [1.54, 1.807) is 7.05 Å². The molecule has 6 nitrogen and oxygen atoms in total. The van der Waals surface area contributed by atoms with Crippen molar-refractivity contribution in [3.05, 3.63) is 53.3 Å². The molecule has 1 aromatic carbocycles. The molecule has 0 bridgehead atoms. The molecule has 29 heavy (non-hydrogen) atoms. The van der Waals surface area contributed by atoms with E-state index in [4.69, 9.17) is 4.99 Å². The van der Waals surface area contributed by atoms with Crippen molar-refractivity contribution in [2.45, 2.75) is 19.8 Å². The molecule has 0 N–H and O–H groups in total. The van der Waals surface area contributed by atoms with Gasteiger partial charge in [0.25, 0.3) is 0 Å². The number of carbonyl (C=O) groups is 2. The maximum Gasteiger partial charge on any atom is 0.418 e. The maximum atomic E-state index is 12.7. The molecule has 1 aromatic rings. The smallest absolute Gasteiger partial charge is 0.368 e. The number of allylic oxidation sites excluding steroid dienone is 3. The number of hydrogen-bond acceptors (Lipinski definition) is 5. The first-order chi connectivity index (χ1) is 13.9. The zero-order chi connectivity index (χ0) is 20.5. The maximum absolute atomic E-state index is 12.7. The van der Waals surface area contributed by atoms with E-state index in [0.717, 1.165) is 55.4 Å². The molecule has 1 aliphatic carbocycles. The van der Waals surface area contributed by atoms with Gasteiger partial charge in [-0.05, 0) is 42.7 Å². The third kappa shape index (κ3) is 3.79. The molecule has 1 atom stereocenters. The van der Waals surface area contributed by atoms with Gasteiger partial charge < -0.3 is 9.80 Å². The van der Waals surface area contributed by atoms with Gasteiger partial charge in [0.05, 0.1) is 17.7 Å². The first-order valence-corrected chi connectivity index (χ1v) is 10.1. The fourth-order valence-corrected chi connectivity index (χ4v) is 4.22. The number of rotatable bonds is 2. The summed E-state index contributed by atoms with van der Waals surface area (Å²) in [6.07, 6.45) is 5.44. The highest BCUT2D eigenvalue weighted by molar-refractivity contribution is 6.12. The molecule has 2 heterocycles. The molecule has 0 aromatic heterocycles. The molecule has 0 spiro atoms. The van der Waals surface area contributed by atoms with E-state index in [9.17, 15) is 9.59 Å². The normalized spacial score (nSPS) is 21.8. The van der Waals surface area contributed by atoms with Crippen LogP contribution in [0.1, 0.15) is 30.1 Å². The molecular formula is C23H27N4O2+. The number of Topliss-reactive ketones (excluding diaryl/α,β-unsaturated/α-hetero) is 1. The van der Waals surface area contributed by atoms with Crippen molar-refractivity contribution in [2.75, 3.05) is 38.1 Å². The molecule has 3 aliphatic rings. The van der Waals surface area contributed by atoms with E-state index in [1.807, 2.05) is 30.3 Å². The number of piperazine rings is 1. The van der Waals surface area contributed by atoms with Gasteiger partial charge in [-0.2, -0.15) is 4.58 Å². The second-order valence-electron chi connectivity index (χ2n) is 7.99. The van der Waals surface area contributed by atoms with Gasteiger partial charge in [0.2, 0.25) is 0 Å². The topological polar surface area (TPSA) is 56.0 Å². The summed E-state index contributed by atoms with van der Waals surface area (Å²) in [7, 11) is 1.65. The molecule has 1 amide bonds. The average Bonchev–Trinajstić information content (AvgIpc) is 2.73. The minimum absolute atomic E-state index is 0.0962. The Morgan fingerprint density at radius 2 is 1.79 bits per heavy atom. The van der Waals surface area contributed by atoms with Crippen LogP contribution in [0.25, 0.3) is 0 Å². The third-order valence-corrected chi connectivity index (χ3v) is 5.87. The van der Waals surface area contributed by atoms with Crippen LogP contribution in [0.4, 0.5) is 5.69 Å². The predicted octanol–water partition coefficient (Wildman–Crippen LogP) is 2.51. The summed E-state index contributed by atoms with van der Waals surface area (Å²) in [6, 6.07) is 7.67. The molecule has 4 rings (SSSR count). The lowest BCUT2D eigenvalue weighted by Crippen LogP contribution is -2.49. The van der Waals surface area contributed by atoms with E-state index in [0.29, 0.717) is 12.0 Å². The molecule has 0 saturated carbocycles.